The van der Waals surface area contributed by atoms with Gasteiger partial charge >= 0.3 is 0 Å². The first-order valence-electron chi connectivity index (χ1n) is 11.0. The van der Waals surface area contributed by atoms with Crippen molar-refractivity contribution >= 4 is 23.0 Å². The highest BCUT2D eigenvalue weighted by Gasteiger charge is 2.47. The van der Waals surface area contributed by atoms with Crippen molar-refractivity contribution in [1.29, 1.82) is 0 Å². The lowest BCUT2D eigenvalue weighted by Gasteiger charge is -2.35. The predicted molar refractivity (Wildman–Crippen MR) is 135 cm³/mol. The van der Waals surface area contributed by atoms with E-state index in [1.807, 2.05) is 60.3 Å². The summed E-state index contributed by atoms with van der Waals surface area (Å²) < 4.78 is -0.218. The Morgan fingerprint density at radius 2 is 1.48 bits per heavy atom. The van der Waals surface area contributed by atoms with Crippen molar-refractivity contribution in [1.82, 2.24) is 0 Å². The average Bonchev–Trinajstić information content (AvgIpc) is 3.16. The molecule has 3 nitrogen and oxygen atoms in total. The molecule has 4 aromatic carbocycles. The molecular formula is C29H21NO2S. The van der Waals surface area contributed by atoms with Gasteiger partial charge in [0.05, 0.1) is 10.5 Å². The van der Waals surface area contributed by atoms with E-state index in [1.165, 1.54) is 16.0 Å². The maximum absolute atomic E-state index is 12.1. The van der Waals surface area contributed by atoms with Crippen molar-refractivity contribution in [2.24, 2.45) is 0 Å². The van der Waals surface area contributed by atoms with Gasteiger partial charge in [0.15, 0.2) is 0 Å². The van der Waals surface area contributed by atoms with Crippen LogP contribution in [0, 0.1) is 10.1 Å². The minimum Gasteiger partial charge on any atom is -0.258 e. The van der Waals surface area contributed by atoms with Gasteiger partial charge in [0.2, 0.25) is 0 Å². The summed E-state index contributed by atoms with van der Waals surface area (Å²) in [5, 5.41) is 12.1. The van der Waals surface area contributed by atoms with E-state index >= 15 is 0 Å². The number of nitro benzene ring substituents is 1. The molecule has 0 fully saturated rings. The smallest absolute Gasteiger partial charge is 0.258 e. The van der Waals surface area contributed by atoms with Crippen LogP contribution < -0.4 is 0 Å². The number of hydrogen-bond acceptors (Lipinski definition) is 3. The largest absolute Gasteiger partial charge is 0.277 e. The lowest BCUT2D eigenvalue weighted by molar-refractivity contribution is -0.385. The van der Waals surface area contributed by atoms with E-state index in [2.05, 4.69) is 55.5 Å². The minimum atomic E-state index is -0.265. The molecular weight excluding hydrogens is 426 g/mol. The van der Waals surface area contributed by atoms with E-state index < -0.39 is 0 Å². The van der Waals surface area contributed by atoms with Gasteiger partial charge in [-0.25, -0.2) is 0 Å². The third-order valence-corrected chi connectivity index (χ3v) is 8.10. The van der Waals surface area contributed by atoms with Crippen LogP contribution in [0.5, 0.6) is 0 Å². The Morgan fingerprint density at radius 1 is 0.788 bits per heavy atom. The fourth-order valence-electron chi connectivity index (χ4n) is 5.31. The molecule has 6 rings (SSSR count). The molecule has 0 spiro atoms. The second-order valence-corrected chi connectivity index (χ2v) is 10.3. The third-order valence-electron chi connectivity index (χ3n) is 6.72. The van der Waals surface area contributed by atoms with Crippen molar-refractivity contribution in [3.05, 3.63) is 136 Å². The van der Waals surface area contributed by atoms with Gasteiger partial charge in [-0.05, 0) is 58.5 Å². The highest BCUT2D eigenvalue weighted by Crippen LogP contribution is 2.61. The summed E-state index contributed by atoms with van der Waals surface area (Å²) in [5.74, 6) is 0.218. The van der Waals surface area contributed by atoms with Gasteiger partial charge < -0.3 is 0 Å². The Kier molecular flexibility index (Phi) is 4.52. The van der Waals surface area contributed by atoms with Crippen LogP contribution in [0.25, 0.3) is 16.7 Å². The zero-order valence-electron chi connectivity index (χ0n) is 18.1. The second kappa shape index (κ2) is 7.46. The maximum atomic E-state index is 12.1. The van der Waals surface area contributed by atoms with Gasteiger partial charge in [-0.15, -0.1) is 11.8 Å². The fourth-order valence-corrected chi connectivity index (χ4v) is 6.78. The van der Waals surface area contributed by atoms with Crippen LogP contribution in [0.15, 0.2) is 108 Å². The van der Waals surface area contributed by atoms with E-state index in [1.54, 1.807) is 6.07 Å². The minimum absolute atomic E-state index is 0.137. The van der Waals surface area contributed by atoms with Gasteiger partial charge in [0.1, 0.15) is 0 Å². The molecule has 0 radical (unpaired) electrons. The number of fused-ring (bicyclic) bond motifs is 5. The van der Waals surface area contributed by atoms with Gasteiger partial charge in [-0.3, -0.25) is 10.1 Å². The number of hydrogen-bond donors (Lipinski definition) is 0. The summed E-state index contributed by atoms with van der Waals surface area (Å²) in [6.07, 6.45) is 2.27. The molecule has 0 saturated heterocycles. The zero-order chi connectivity index (χ0) is 22.6. The number of nitro groups is 1. The summed E-state index contributed by atoms with van der Waals surface area (Å²) in [5.41, 5.74) is 7.41. The van der Waals surface area contributed by atoms with Crippen LogP contribution in [0.3, 0.4) is 0 Å². The van der Waals surface area contributed by atoms with E-state index in [9.17, 15) is 10.1 Å². The molecule has 4 aromatic rings. The first-order valence-corrected chi connectivity index (χ1v) is 11.8. The molecule has 4 heteroatoms. The van der Waals surface area contributed by atoms with Crippen LogP contribution >= 0.6 is 11.8 Å². The van der Waals surface area contributed by atoms with Crippen LogP contribution in [-0.2, 0) is 0 Å². The van der Waals surface area contributed by atoms with E-state index in [0.717, 1.165) is 22.3 Å². The summed E-state index contributed by atoms with van der Waals surface area (Å²) in [6.45, 7) is 2.26. The summed E-state index contributed by atoms with van der Waals surface area (Å²) in [7, 11) is 0. The first-order chi connectivity index (χ1) is 16.0. The van der Waals surface area contributed by atoms with Gasteiger partial charge in [0.25, 0.3) is 5.69 Å². The quantitative estimate of drug-likeness (QED) is 0.239. The van der Waals surface area contributed by atoms with Crippen LogP contribution in [-0.4, -0.2) is 9.67 Å². The molecule has 0 N–H and O–H groups in total. The molecule has 1 heterocycles. The van der Waals surface area contributed by atoms with Crippen LogP contribution in [0.2, 0.25) is 0 Å². The van der Waals surface area contributed by atoms with Gasteiger partial charge in [-0.2, -0.15) is 0 Å². The van der Waals surface area contributed by atoms with Crippen LogP contribution in [0.4, 0.5) is 5.69 Å². The Morgan fingerprint density at radius 3 is 2.27 bits per heavy atom. The van der Waals surface area contributed by atoms with E-state index in [0.29, 0.717) is 5.56 Å². The highest BCUT2D eigenvalue weighted by molar-refractivity contribution is 8.01. The van der Waals surface area contributed by atoms with Crippen molar-refractivity contribution in [3.8, 4) is 11.1 Å². The van der Waals surface area contributed by atoms with Crippen molar-refractivity contribution in [2.75, 3.05) is 0 Å². The van der Waals surface area contributed by atoms with Crippen molar-refractivity contribution in [3.63, 3.8) is 0 Å². The molecule has 0 bridgehead atoms. The van der Waals surface area contributed by atoms with Gasteiger partial charge in [0, 0.05) is 21.6 Å². The van der Waals surface area contributed by atoms with E-state index in [4.69, 9.17) is 0 Å². The maximum Gasteiger partial charge on any atom is 0.277 e. The monoisotopic (exact) mass is 447 g/mol. The van der Waals surface area contributed by atoms with E-state index in [-0.39, 0.29) is 21.3 Å². The second-order valence-electron chi connectivity index (χ2n) is 8.76. The summed E-state index contributed by atoms with van der Waals surface area (Å²) in [4.78, 5) is 13.1. The fraction of sp³-hybridized carbons (Fsp3) is 0.103. The molecule has 160 valence electrons. The average molecular weight is 448 g/mol. The van der Waals surface area contributed by atoms with Crippen LogP contribution in [0.1, 0.15) is 35.1 Å². The number of thioether (sulfide) groups is 1. The van der Waals surface area contributed by atoms with Gasteiger partial charge in [-0.1, -0.05) is 78.9 Å². The highest BCUT2D eigenvalue weighted by atomic mass is 32.2. The molecule has 2 aliphatic rings. The Hall–Kier alpha value is -3.63. The normalized spacial score (nSPS) is 20.4. The molecule has 0 aromatic heterocycles. The number of benzene rings is 4. The summed E-state index contributed by atoms with van der Waals surface area (Å²) in [6, 6.07) is 32.5. The molecule has 1 aliphatic heterocycles. The molecule has 33 heavy (non-hydrogen) atoms. The van der Waals surface area contributed by atoms with Crippen molar-refractivity contribution in [2.45, 2.75) is 22.5 Å². The standard InChI is InChI=1S/C29H21NO2S/c1-29-18-25(24-17-20(15-16-26(24)30(31)32)19-9-3-2-4-10-19)21-11-5-6-12-22(21)28(29)23-13-7-8-14-27(23)33-29/h2-18,28H,1H3. The Labute approximate surface area is 197 Å². The molecule has 1 aliphatic carbocycles. The predicted octanol–water partition coefficient (Wildman–Crippen LogP) is 7.70. The molecule has 0 saturated carbocycles. The van der Waals surface area contributed by atoms with Crippen molar-refractivity contribution < 1.29 is 4.92 Å². The Balaban J connectivity index is 1.61. The molecule has 2 unspecified atom stereocenters. The lowest BCUT2D eigenvalue weighted by atomic mass is 9.72. The zero-order valence-corrected chi connectivity index (χ0v) is 18.9. The first kappa shape index (κ1) is 20.0. The lowest BCUT2D eigenvalue weighted by Crippen LogP contribution is -2.28. The Bertz CT molecular complexity index is 1440. The molecule has 0 amide bonds. The number of rotatable bonds is 3. The summed E-state index contributed by atoms with van der Waals surface area (Å²) >= 11 is 1.85. The molecule has 2 atom stereocenters. The SMILES string of the molecule is CC12C=C(c3cc(-c4ccccc4)ccc3[N+](=O)[O-])c3ccccc3C1c1ccccc1S2. The third kappa shape index (κ3) is 3.13. The number of nitrogens with zero attached hydrogens (tertiary/aromatic N) is 1. The topological polar surface area (TPSA) is 43.1 Å².